The average molecular weight is 283 g/mol. The monoisotopic (exact) mass is 283 g/mol. The van der Waals surface area contributed by atoms with E-state index in [1.807, 2.05) is 0 Å². The Hall–Kier alpha value is -1.38. The number of nitrogens with one attached hydrogen (secondary N) is 1. The lowest BCUT2D eigenvalue weighted by molar-refractivity contribution is 0.0302. The van der Waals surface area contributed by atoms with Crippen LogP contribution in [0.15, 0.2) is 42.5 Å². The van der Waals surface area contributed by atoms with Crippen molar-refractivity contribution in [2.75, 3.05) is 13.2 Å². The van der Waals surface area contributed by atoms with Gasteiger partial charge in [-0.3, -0.25) is 0 Å². The van der Waals surface area contributed by atoms with Gasteiger partial charge in [0.25, 0.3) is 0 Å². The zero-order valence-electron chi connectivity index (χ0n) is 12.7. The van der Waals surface area contributed by atoms with Gasteiger partial charge in [0.05, 0.1) is 12.7 Å². The molecule has 0 aliphatic heterocycles. The molecule has 0 radical (unpaired) electrons. The zero-order chi connectivity index (χ0) is 14.3. The number of rotatable bonds is 6. The van der Waals surface area contributed by atoms with Crippen molar-refractivity contribution in [3.05, 3.63) is 48.0 Å². The Bertz CT molecular complexity index is 560. The summed E-state index contributed by atoms with van der Waals surface area (Å²) in [5, 5.41) is 6.10. The van der Waals surface area contributed by atoms with E-state index in [-0.39, 0.29) is 0 Å². The van der Waals surface area contributed by atoms with E-state index in [4.69, 9.17) is 4.74 Å². The van der Waals surface area contributed by atoms with Gasteiger partial charge < -0.3 is 10.1 Å². The highest BCUT2D eigenvalue weighted by Gasteiger charge is 2.12. The van der Waals surface area contributed by atoms with Crippen molar-refractivity contribution in [3.8, 4) is 0 Å². The minimum atomic E-state index is 0.515. The van der Waals surface area contributed by atoms with E-state index in [1.165, 1.54) is 48.4 Å². The lowest BCUT2D eigenvalue weighted by atomic mass is 9.98. The first kappa shape index (κ1) is 14.6. The van der Waals surface area contributed by atoms with Gasteiger partial charge in [0.2, 0.25) is 0 Å². The summed E-state index contributed by atoms with van der Waals surface area (Å²) in [6, 6.07) is 15.2. The lowest BCUT2D eigenvalue weighted by Gasteiger charge is -2.22. The van der Waals surface area contributed by atoms with Crippen LogP contribution >= 0.6 is 0 Å². The molecule has 0 aromatic heterocycles. The predicted octanol–water partition coefficient (Wildman–Crippen LogP) is 4.28. The first-order valence-electron chi connectivity index (χ1n) is 8.22. The second-order valence-electron chi connectivity index (χ2n) is 5.99. The Kier molecular flexibility index (Phi) is 5.25. The smallest absolute Gasteiger partial charge is 0.0594 e. The summed E-state index contributed by atoms with van der Waals surface area (Å²) in [6.45, 7) is 2.68. The topological polar surface area (TPSA) is 21.3 Å². The van der Waals surface area contributed by atoms with Crippen LogP contribution in [0.1, 0.15) is 37.7 Å². The van der Waals surface area contributed by atoms with E-state index < -0.39 is 0 Å². The molecule has 1 fully saturated rings. The predicted molar refractivity (Wildman–Crippen MR) is 88.5 cm³/mol. The molecule has 0 spiro atoms. The number of hydrogen-bond acceptors (Lipinski definition) is 2. The second kappa shape index (κ2) is 7.58. The van der Waals surface area contributed by atoms with Crippen molar-refractivity contribution in [2.24, 2.45) is 0 Å². The van der Waals surface area contributed by atoms with E-state index in [0.717, 1.165) is 19.7 Å². The molecule has 112 valence electrons. The molecular weight excluding hydrogens is 258 g/mol. The SMILES string of the molecule is c1ccc2cc(CNCCOC3CCCCC3)ccc2c1. The van der Waals surface area contributed by atoms with E-state index in [9.17, 15) is 0 Å². The van der Waals surface area contributed by atoms with Gasteiger partial charge >= 0.3 is 0 Å². The maximum absolute atomic E-state index is 5.93. The number of ether oxygens (including phenoxy) is 1. The zero-order valence-corrected chi connectivity index (χ0v) is 12.7. The third-order valence-electron chi connectivity index (χ3n) is 4.33. The molecular formula is C19H25NO. The second-order valence-corrected chi connectivity index (χ2v) is 5.99. The van der Waals surface area contributed by atoms with Crippen LogP contribution in [0.2, 0.25) is 0 Å². The fourth-order valence-electron chi connectivity index (χ4n) is 3.11. The van der Waals surface area contributed by atoms with Crippen molar-refractivity contribution in [1.82, 2.24) is 5.32 Å². The summed E-state index contributed by atoms with van der Waals surface area (Å²) >= 11 is 0. The summed E-state index contributed by atoms with van der Waals surface area (Å²) in [6.07, 6.45) is 7.10. The standard InChI is InChI=1S/C19H25NO/c1-2-8-19(9-3-1)21-13-12-20-15-16-10-11-17-6-4-5-7-18(17)14-16/h4-7,10-11,14,19-20H,1-3,8-9,12-13,15H2. The van der Waals surface area contributed by atoms with Gasteiger partial charge in [0, 0.05) is 13.1 Å². The third-order valence-corrected chi connectivity index (χ3v) is 4.33. The van der Waals surface area contributed by atoms with Crippen molar-refractivity contribution in [2.45, 2.75) is 44.8 Å². The molecule has 2 aromatic rings. The molecule has 21 heavy (non-hydrogen) atoms. The van der Waals surface area contributed by atoms with Gasteiger partial charge in [0.15, 0.2) is 0 Å². The van der Waals surface area contributed by atoms with Crippen molar-refractivity contribution in [3.63, 3.8) is 0 Å². The van der Waals surface area contributed by atoms with Crippen LogP contribution in [0, 0.1) is 0 Å². The molecule has 2 nitrogen and oxygen atoms in total. The van der Waals surface area contributed by atoms with Crippen LogP contribution in [0.3, 0.4) is 0 Å². The van der Waals surface area contributed by atoms with Crippen molar-refractivity contribution >= 4 is 10.8 Å². The summed E-state index contributed by atoms with van der Waals surface area (Å²) < 4.78 is 5.93. The Balaban J connectivity index is 1.39. The van der Waals surface area contributed by atoms with Crippen molar-refractivity contribution in [1.29, 1.82) is 0 Å². The highest BCUT2D eigenvalue weighted by atomic mass is 16.5. The first-order valence-corrected chi connectivity index (χ1v) is 8.22. The molecule has 1 saturated carbocycles. The molecule has 2 aromatic carbocycles. The largest absolute Gasteiger partial charge is 0.377 e. The Labute approximate surface area is 127 Å². The van der Waals surface area contributed by atoms with E-state index in [1.54, 1.807) is 0 Å². The molecule has 0 bridgehead atoms. The van der Waals surface area contributed by atoms with Gasteiger partial charge in [-0.25, -0.2) is 0 Å². The number of hydrogen-bond donors (Lipinski definition) is 1. The normalized spacial score (nSPS) is 16.4. The van der Waals surface area contributed by atoms with Gasteiger partial charge in [0.1, 0.15) is 0 Å². The van der Waals surface area contributed by atoms with E-state index in [0.29, 0.717) is 6.10 Å². The fourth-order valence-corrected chi connectivity index (χ4v) is 3.11. The first-order chi connectivity index (χ1) is 10.4. The molecule has 0 atom stereocenters. The van der Waals surface area contributed by atoms with Crippen LogP contribution in [0.5, 0.6) is 0 Å². The molecule has 3 rings (SSSR count). The van der Waals surface area contributed by atoms with E-state index >= 15 is 0 Å². The molecule has 0 saturated heterocycles. The maximum Gasteiger partial charge on any atom is 0.0594 e. The van der Waals surface area contributed by atoms with Crippen LogP contribution in [-0.2, 0) is 11.3 Å². The third kappa shape index (κ3) is 4.29. The molecule has 0 heterocycles. The van der Waals surface area contributed by atoms with Crippen LogP contribution in [0.25, 0.3) is 10.8 Å². The lowest BCUT2D eigenvalue weighted by Crippen LogP contribution is -2.24. The highest BCUT2D eigenvalue weighted by Crippen LogP contribution is 2.20. The molecule has 0 amide bonds. The molecule has 0 unspecified atom stereocenters. The Morgan fingerprint density at radius 1 is 0.952 bits per heavy atom. The minimum absolute atomic E-state index is 0.515. The van der Waals surface area contributed by atoms with Crippen LogP contribution in [-0.4, -0.2) is 19.3 Å². The van der Waals surface area contributed by atoms with Gasteiger partial charge in [-0.2, -0.15) is 0 Å². The summed E-state index contributed by atoms with van der Waals surface area (Å²) in [5.74, 6) is 0. The molecule has 2 heteroatoms. The highest BCUT2D eigenvalue weighted by molar-refractivity contribution is 5.82. The Morgan fingerprint density at radius 2 is 1.76 bits per heavy atom. The van der Waals surface area contributed by atoms with Gasteiger partial charge in [-0.05, 0) is 35.2 Å². The molecule has 1 aliphatic carbocycles. The summed E-state index contributed by atoms with van der Waals surface area (Å²) in [7, 11) is 0. The maximum atomic E-state index is 5.93. The molecule has 1 aliphatic rings. The summed E-state index contributed by atoms with van der Waals surface area (Å²) in [5.41, 5.74) is 1.34. The van der Waals surface area contributed by atoms with E-state index in [2.05, 4.69) is 47.8 Å². The van der Waals surface area contributed by atoms with Gasteiger partial charge in [-0.1, -0.05) is 55.7 Å². The van der Waals surface area contributed by atoms with Crippen molar-refractivity contribution < 1.29 is 4.74 Å². The number of benzene rings is 2. The number of fused-ring (bicyclic) bond motifs is 1. The quantitative estimate of drug-likeness (QED) is 0.799. The average Bonchev–Trinajstić information content (AvgIpc) is 2.55. The summed E-state index contributed by atoms with van der Waals surface area (Å²) in [4.78, 5) is 0. The Morgan fingerprint density at radius 3 is 2.62 bits per heavy atom. The fraction of sp³-hybridized carbons (Fsp3) is 0.474. The minimum Gasteiger partial charge on any atom is -0.377 e. The van der Waals surface area contributed by atoms with Crippen LogP contribution in [0.4, 0.5) is 0 Å². The molecule has 1 N–H and O–H groups in total. The van der Waals surface area contributed by atoms with Gasteiger partial charge in [-0.15, -0.1) is 0 Å². The van der Waals surface area contributed by atoms with Crippen LogP contribution < -0.4 is 5.32 Å².